The molecule has 1 fully saturated rings. The number of likely N-dealkylation sites (tertiary alicyclic amines) is 1. The summed E-state index contributed by atoms with van der Waals surface area (Å²) in [7, 11) is 0. The van der Waals surface area contributed by atoms with Crippen molar-refractivity contribution >= 4 is 12.4 Å². The average Bonchev–Trinajstić information content (AvgIpc) is 2.38. The van der Waals surface area contributed by atoms with Crippen LogP contribution in [0.3, 0.4) is 0 Å². The van der Waals surface area contributed by atoms with Gasteiger partial charge in [0, 0.05) is 12.6 Å². The fraction of sp³-hybridized carbons (Fsp3) is 0.529. The predicted octanol–water partition coefficient (Wildman–Crippen LogP) is 3.52. The number of phenols is 1. The van der Waals surface area contributed by atoms with Gasteiger partial charge in [-0.2, -0.15) is 0 Å². The summed E-state index contributed by atoms with van der Waals surface area (Å²) >= 11 is 0. The molecule has 0 amide bonds. The molecule has 1 aliphatic carbocycles. The van der Waals surface area contributed by atoms with Crippen LogP contribution in [0.5, 0.6) is 5.75 Å². The monoisotopic (exact) mass is 293 g/mol. The zero-order valence-corrected chi connectivity index (χ0v) is 13.1. The van der Waals surface area contributed by atoms with Gasteiger partial charge in [-0.05, 0) is 54.0 Å². The van der Waals surface area contributed by atoms with E-state index in [-0.39, 0.29) is 17.8 Å². The van der Waals surface area contributed by atoms with E-state index in [9.17, 15) is 5.11 Å². The molecule has 2 aliphatic rings. The molecule has 0 spiro atoms. The van der Waals surface area contributed by atoms with Crippen molar-refractivity contribution in [1.29, 1.82) is 0 Å². The number of benzene rings is 1. The number of hydrogen-bond acceptors (Lipinski definition) is 2. The molecule has 0 aromatic heterocycles. The summed E-state index contributed by atoms with van der Waals surface area (Å²) < 4.78 is 0. The molecule has 1 N–H and O–H groups in total. The van der Waals surface area contributed by atoms with E-state index in [0.29, 0.717) is 17.7 Å². The quantitative estimate of drug-likeness (QED) is 0.843. The van der Waals surface area contributed by atoms with Crippen molar-refractivity contribution in [2.24, 2.45) is 5.92 Å². The fourth-order valence-corrected chi connectivity index (χ4v) is 4.09. The van der Waals surface area contributed by atoms with E-state index >= 15 is 0 Å². The lowest BCUT2D eigenvalue weighted by atomic mass is 9.59. The molecule has 1 heterocycles. The van der Waals surface area contributed by atoms with Gasteiger partial charge in [-0.25, -0.2) is 0 Å². The standard InChI is InChI=1S/C17H23NO.ClH/c1-4-8-18-9-7-17(3)12(2)16(18)10-13-5-6-14(19)11-15(13)17;/h4-6,11-12,16,19H,1,7-10H2,2-3H3;1H/t12?,16-,17-;/m0./s1. The maximum absolute atomic E-state index is 9.80. The Hall–Kier alpha value is -0.990. The third-order valence-corrected chi connectivity index (χ3v) is 5.47. The summed E-state index contributed by atoms with van der Waals surface area (Å²) in [6, 6.07) is 6.53. The lowest BCUT2D eigenvalue weighted by Crippen LogP contribution is -2.57. The Kier molecular flexibility index (Phi) is 4.17. The Bertz CT molecular complexity index is 516. The summed E-state index contributed by atoms with van der Waals surface area (Å²) in [6.45, 7) is 10.7. The van der Waals surface area contributed by atoms with Crippen molar-refractivity contribution in [3.8, 4) is 5.75 Å². The summed E-state index contributed by atoms with van der Waals surface area (Å²) in [6.07, 6.45) is 4.27. The number of aromatic hydroxyl groups is 1. The molecule has 0 radical (unpaired) electrons. The van der Waals surface area contributed by atoms with Gasteiger partial charge in [-0.1, -0.05) is 26.0 Å². The van der Waals surface area contributed by atoms with Gasteiger partial charge in [0.2, 0.25) is 0 Å². The number of phenolic OH excluding ortho intramolecular Hbond substituents is 1. The second-order valence-corrected chi connectivity index (χ2v) is 6.35. The second kappa shape index (κ2) is 5.42. The molecule has 3 atom stereocenters. The van der Waals surface area contributed by atoms with Gasteiger partial charge in [-0.3, -0.25) is 4.90 Å². The molecule has 110 valence electrons. The van der Waals surface area contributed by atoms with Crippen LogP contribution in [-0.2, 0) is 11.8 Å². The minimum Gasteiger partial charge on any atom is -0.508 e. The van der Waals surface area contributed by atoms with Crippen LogP contribution in [0.15, 0.2) is 30.9 Å². The first-order valence-corrected chi connectivity index (χ1v) is 7.23. The number of fused-ring (bicyclic) bond motifs is 4. The third-order valence-electron chi connectivity index (χ3n) is 5.47. The van der Waals surface area contributed by atoms with E-state index in [2.05, 4.69) is 31.4 Å². The van der Waals surface area contributed by atoms with Crippen LogP contribution in [0.25, 0.3) is 0 Å². The van der Waals surface area contributed by atoms with E-state index in [4.69, 9.17) is 0 Å². The van der Waals surface area contributed by atoms with Gasteiger partial charge in [0.25, 0.3) is 0 Å². The lowest BCUT2D eigenvalue weighted by molar-refractivity contribution is 0.0398. The van der Waals surface area contributed by atoms with Gasteiger partial charge >= 0.3 is 0 Å². The van der Waals surface area contributed by atoms with Crippen LogP contribution in [-0.4, -0.2) is 29.1 Å². The van der Waals surface area contributed by atoms with Gasteiger partial charge < -0.3 is 5.11 Å². The smallest absolute Gasteiger partial charge is 0.115 e. The Morgan fingerprint density at radius 3 is 2.95 bits per heavy atom. The Balaban J connectivity index is 0.00000147. The molecule has 1 unspecified atom stereocenters. The number of rotatable bonds is 2. The molecule has 1 saturated heterocycles. The molecular weight excluding hydrogens is 270 g/mol. The summed E-state index contributed by atoms with van der Waals surface area (Å²) in [5, 5.41) is 9.80. The van der Waals surface area contributed by atoms with Gasteiger partial charge in [0.1, 0.15) is 5.75 Å². The average molecular weight is 294 g/mol. The van der Waals surface area contributed by atoms with Crippen molar-refractivity contribution in [1.82, 2.24) is 4.90 Å². The van der Waals surface area contributed by atoms with Gasteiger partial charge in [0.15, 0.2) is 0 Å². The van der Waals surface area contributed by atoms with Crippen molar-refractivity contribution in [2.45, 2.75) is 38.1 Å². The van der Waals surface area contributed by atoms with Crippen LogP contribution in [0.1, 0.15) is 31.4 Å². The highest BCUT2D eigenvalue weighted by atomic mass is 35.5. The number of nitrogens with zero attached hydrogens (tertiary/aromatic N) is 1. The van der Waals surface area contributed by atoms with Crippen molar-refractivity contribution in [2.75, 3.05) is 13.1 Å². The number of hydrogen-bond donors (Lipinski definition) is 1. The van der Waals surface area contributed by atoms with E-state index in [1.165, 1.54) is 11.1 Å². The van der Waals surface area contributed by atoms with Crippen LogP contribution in [0.2, 0.25) is 0 Å². The molecule has 2 nitrogen and oxygen atoms in total. The van der Waals surface area contributed by atoms with Crippen LogP contribution in [0.4, 0.5) is 0 Å². The third kappa shape index (κ3) is 2.15. The molecule has 3 heteroatoms. The van der Waals surface area contributed by atoms with E-state index in [0.717, 1.165) is 25.9 Å². The highest BCUT2D eigenvalue weighted by Gasteiger charge is 2.48. The summed E-state index contributed by atoms with van der Waals surface area (Å²) in [5.41, 5.74) is 2.99. The topological polar surface area (TPSA) is 23.5 Å². The SMILES string of the molecule is C=CCN1CC[C@]2(C)c3cc(O)ccc3C[C@H]1C2C.Cl. The molecule has 1 aliphatic heterocycles. The zero-order chi connectivity index (χ0) is 13.6. The molecule has 1 aromatic carbocycles. The molecular formula is C17H24ClNO. The molecule has 0 saturated carbocycles. The Morgan fingerprint density at radius 2 is 2.25 bits per heavy atom. The number of piperidine rings is 1. The Labute approximate surface area is 127 Å². The fourth-order valence-electron chi connectivity index (χ4n) is 4.09. The minimum atomic E-state index is 0. The maximum atomic E-state index is 9.80. The highest BCUT2D eigenvalue weighted by Crippen LogP contribution is 2.49. The second-order valence-electron chi connectivity index (χ2n) is 6.35. The maximum Gasteiger partial charge on any atom is 0.115 e. The molecule has 20 heavy (non-hydrogen) atoms. The lowest BCUT2D eigenvalue weighted by Gasteiger charge is -2.54. The van der Waals surface area contributed by atoms with E-state index < -0.39 is 0 Å². The number of halogens is 1. The Morgan fingerprint density at radius 1 is 1.50 bits per heavy atom. The van der Waals surface area contributed by atoms with Crippen molar-refractivity contribution < 1.29 is 5.11 Å². The zero-order valence-electron chi connectivity index (χ0n) is 12.3. The predicted molar refractivity (Wildman–Crippen MR) is 85.7 cm³/mol. The summed E-state index contributed by atoms with van der Waals surface area (Å²) in [4.78, 5) is 2.56. The first kappa shape index (κ1) is 15.4. The largest absolute Gasteiger partial charge is 0.508 e. The normalized spacial score (nSPS) is 32.1. The van der Waals surface area contributed by atoms with E-state index in [1.54, 1.807) is 0 Å². The van der Waals surface area contributed by atoms with Gasteiger partial charge in [-0.15, -0.1) is 19.0 Å². The first-order valence-electron chi connectivity index (χ1n) is 7.23. The van der Waals surface area contributed by atoms with Crippen molar-refractivity contribution in [3.05, 3.63) is 42.0 Å². The van der Waals surface area contributed by atoms with Gasteiger partial charge in [0.05, 0.1) is 0 Å². The van der Waals surface area contributed by atoms with Crippen LogP contribution >= 0.6 is 12.4 Å². The van der Waals surface area contributed by atoms with E-state index in [1.807, 2.05) is 18.2 Å². The minimum absolute atomic E-state index is 0. The first-order chi connectivity index (χ1) is 9.06. The molecule has 3 rings (SSSR count). The molecule has 1 aromatic rings. The van der Waals surface area contributed by atoms with Crippen molar-refractivity contribution in [3.63, 3.8) is 0 Å². The molecule has 2 bridgehead atoms. The van der Waals surface area contributed by atoms with Crippen LogP contribution < -0.4 is 0 Å². The van der Waals surface area contributed by atoms with Crippen LogP contribution in [0, 0.1) is 5.92 Å². The highest BCUT2D eigenvalue weighted by molar-refractivity contribution is 5.85. The summed E-state index contributed by atoms with van der Waals surface area (Å²) in [5.74, 6) is 1.02.